The van der Waals surface area contributed by atoms with Crippen molar-refractivity contribution in [1.29, 1.82) is 0 Å². The second-order valence-electron chi connectivity index (χ2n) is 53.1. The molecule has 0 saturated carbocycles. The minimum Gasteiger partial charge on any atom is -0.496 e. The predicted octanol–water partition coefficient (Wildman–Crippen LogP) is 36.5. The molecule has 0 fully saturated rings. The Morgan fingerprint density at radius 2 is 0.582 bits per heavy atom. The highest BCUT2D eigenvalue weighted by Crippen LogP contribution is 2.44. The molecule has 0 atom stereocenters. The molecule has 0 radical (unpaired) electrons. The first-order chi connectivity index (χ1) is 60.6. The van der Waals surface area contributed by atoms with Crippen molar-refractivity contribution in [2.24, 2.45) is 14.1 Å². The quantitative estimate of drug-likeness (QED) is 0.183. The van der Waals surface area contributed by atoms with Gasteiger partial charge in [-0.1, -0.05) is 358 Å². The molecule has 0 aliphatic rings. The van der Waals surface area contributed by atoms with Crippen LogP contribution >= 0.6 is 0 Å². The number of halogens is 3. The third-order valence-corrected chi connectivity index (χ3v) is 26.5. The van der Waals surface area contributed by atoms with Crippen molar-refractivity contribution in [3.8, 4) is 5.75 Å². The van der Waals surface area contributed by atoms with Gasteiger partial charge in [-0.15, -0.1) is 0 Å². The molecule has 14 aromatic rings. The fourth-order valence-corrected chi connectivity index (χ4v) is 17.9. The van der Waals surface area contributed by atoms with E-state index in [1.807, 2.05) is 45.0 Å². The Labute approximate surface area is 810 Å². The average Bonchev–Trinajstić information content (AvgIpc) is 1.60. The van der Waals surface area contributed by atoms with Crippen molar-refractivity contribution >= 4 is 76.3 Å². The first-order valence-electron chi connectivity index (χ1n) is 49.4. The Bertz CT molecular complexity index is 6160. The van der Waals surface area contributed by atoms with E-state index in [2.05, 4.69) is 469 Å². The minimum absolute atomic E-state index is 0.0483. The Morgan fingerprint density at radius 1 is 0.291 bits per heavy atom. The van der Waals surface area contributed by atoms with Crippen LogP contribution in [0.4, 0.5) is 13.2 Å². The van der Waals surface area contributed by atoms with Crippen molar-refractivity contribution < 1.29 is 17.9 Å². The molecular weight excluding hydrogens is 1650 g/mol. The summed E-state index contributed by atoms with van der Waals surface area (Å²) in [5, 5.41) is 8.62. The molecule has 134 heavy (non-hydrogen) atoms. The lowest BCUT2D eigenvalue weighted by molar-refractivity contribution is 0.0695. The van der Waals surface area contributed by atoms with Gasteiger partial charge in [0.05, 0.1) is 18.1 Å². The number of hydrogen-bond donors (Lipinski definition) is 1. The van der Waals surface area contributed by atoms with Gasteiger partial charge in [-0.3, -0.25) is 4.57 Å². The van der Waals surface area contributed by atoms with Gasteiger partial charge >= 0.3 is 6.55 Å². The minimum atomic E-state index is -2.52. The normalized spacial score (nSPS) is 13.3. The fraction of sp³-hybridized carbons (Fsp3) is 0.545. The number of nitrogens with one attached hydrogen (secondary N) is 1. The SMILES string of the molecule is CC(C)(C)c1ccc2cc(C(C)(C)C)n(C(F)F)c2c1.CC(C)(C)c1ccc2cc(C(C)(C)C)n(CF)c2c1.CC(C)n1c(C(C)(C)C)cc2ccc(C(C)(C)C)cc21.CCn1c(C(C)(C)C)cc2ccc(C(C)(C)C)cc21.COc1cc(C(C)(C)C)cc2[nH]c(C(C)(C)C)cc12.Cc1cc(C(C)(C)C)cc2c1cc(C(C)(C)C)n2C.Cn1c(C(C)(C)C)cc2ccc(C(C)(C)C)cc21. The zero-order valence-corrected chi connectivity index (χ0v) is 93.3. The monoisotopic (exact) mass is 1830 g/mol. The maximum atomic E-state index is 13.5. The number of aromatic amines is 1. The lowest BCUT2D eigenvalue weighted by Gasteiger charge is -2.25. The van der Waals surface area contributed by atoms with Crippen LogP contribution in [0.5, 0.6) is 5.75 Å². The third kappa shape index (κ3) is 25.8. The van der Waals surface area contributed by atoms with E-state index in [1.54, 1.807) is 11.7 Å². The van der Waals surface area contributed by atoms with Crippen molar-refractivity contribution in [3.05, 3.63) is 242 Å². The number of nitrogens with zero attached hydrogens (tertiary/aromatic N) is 6. The molecule has 7 aromatic heterocycles. The summed E-state index contributed by atoms with van der Waals surface area (Å²) in [5.41, 5.74) is 28.9. The van der Waals surface area contributed by atoms with Gasteiger partial charge in [0.2, 0.25) is 0 Å². The van der Waals surface area contributed by atoms with Gasteiger partial charge in [-0.2, -0.15) is 8.78 Å². The van der Waals surface area contributed by atoms with Crippen molar-refractivity contribution in [3.63, 3.8) is 0 Å². The number of H-pyrrole nitrogens is 1. The number of benzene rings is 7. The lowest BCUT2D eigenvalue weighted by atomic mass is 9.85. The topological polar surface area (TPSA) is 54.6 Å². The predicted molar refractivity (Wildman–Crippen MR) is 583 cm³/mol. The molecule has 0 bridgehead atoms. The molecule has 1 N–H and O–H groups in total. The number of alkyl halides is 3. The van der Waals surface area contributed by atoms with Crippen LogP contribution in [-0.4, -0.2) is 39.5 Å². The van der Waals surface area contributed by atoms with E-state index in [1.165, 1.54) is 121 Å². The molecule has 0 unspecified atom stereocenters. The van der Waals surface area contributed by atoms with Crippen LogP contribution < -0.4 is 4.74 Å². The number of methoxy groups -OCH3 is 1. The summed E-state index contributed by atoms with van der Waals surface area (Å²) < 4.78 is 58.7. The molecule has 7 aromatic carbocycles. The molecule has 0 aliphatic carbocycles. The van der Waals surface area contributed by atoms with Crippen LogP contribution in [0.2, 0.25) is 0 Å². The highest BCUT2D eigenvalue weighted by atomic mass is 19.3. The summed E-state index contributed by atoms with van der Waals surface area (Å²) in [6, 6.07) is 58.2. The number of rotatable bonds is 5. The van der Waals surface area contributed by atoms with Crippen molar-refractivity contribution in [2.45, 2.75) is 420 Å². The molecule has 0 amide bonds. The summed E-state index contributed by atoms with van der Waals surface area (Å²) >= 11 is 0. The maximum absolute atomic E-state index is 13.5. The zero-order valence-electron chi connectivity index (χ0n) is 93.3. The zero-order chi connectivity index (χ0) is 102. The van der Waals surface area contributed by atoms with E-state index in [4.69, 9.17) is 4.74 Å². The van der Waals surface area contributed by atoms with E-state index in [0.717, 1.165) is 45.4 Å². The molecule has 8 nitrogen and oxygen atoms in total. The van der Waals surface area contributed by atoms with Gasteiger partial charge in [0.1, 0.15) is 5.75 Å². The van der Waals surface area contributed by atoms with E-state index in [0.29, 0.717) is 17.3 Å². The molecular formula is C123H180F3N7O. The van der Waals surface area contributed by atoms with Crippen LogP contribution in [-0.2, 0) is 103 Å². The molecule has 14 rings (SSSR count). The molecule has 734 valence electrons. The second-order valence-corrected chi connectivity index (χ2v) is 53.1. The number of ether oxygens (including phenoxy) is 1. The van der Waals surface area contributed by atoms with Crippen LogP contribution in [0.1, 0.15) is 409 Å². The van der Waals surface area contributed by atoms with Gasteiger partial charge in [0.25, 0.3) is 0 Å². The van der Waals surface area contributed by atoms with Crippen LogP contribution in [0.25, 0.3) is 76.3 Å². The Hall–Kier alpha value is -9.09. The fourth-order valence-electron chi connectivity index (χ4n) is 17.9. The molecule has 0 saturated heterocycles. The smallest absolute Gasteiger partial charge is 0.319 e. The van der Waals surface area contributed by atoms with Gasteiger partial charge in [0, 0.05) is 148 Å². The van der Waals surface area contributed by atoms with E-state index in [9.17, 15) is 13.2 Å². The lowest BCUT2D eigenvalue weighted by Crippen LogP contribution is -2.19. The number of aromatic nitrogens is 7. The largest absolute Gasteiger partial charge is 0.496 e. The Morgan fingerprint density at radius 3 is 0.918 bits per heavy atom. The highest BCUT2D eigenvalue weighted by Gasteiger charge is 2.32. The number of hydrogen-bond acceptors (Lipinski definition) is 1. The van der Waals surface area contributed by atoms with Gasteiger partial charge in [-0.05, 0) is 223 Å². The highest BCUT2D eigenvalue weighted by molar-refractivity contribution is 5.90. The van der Waals surface area contributed by atoms with Gasteiger partial charge in [-0.25, -0.2) is 4.39 Å². The molecule has 7 heterocycles. The first kappa shape index (κ1) is 110. The second kappa shape index (κ2) is 39.1. The standard InChI is InChI=1S/C19H29N.2C18H27N.C17H23F2N.C17H24FN.C17H25NO.C17H25N/c1-13(2)20-16-12-15(18(3,4)5)10-9-14(16)11-17(20)19(6,7)8;1-12-9-13(17(2,3)4)10-15-14(12)11-16(19(15)8)18(5,6)7;1-8-19-15-12-14(17(2,3)4)10-9-13(15)11-16(19)18(5,6)7;1-16(2,3)12-8-7-11-9-14(17(4,5)6)20(15(18)19)13(11)10-12;1-16(2,3)13-8-7-12-9-15(17(4,5)6)19(11-18)14(12)10-13;1-16(2,3)11-8-13-12(14(9-11)19-7)10-15(18-13)17(4,5)6;1-16(2,3)13-9-8-12-10-15(17(4,5)6)18(7)14(12)11-13/h9-13H,1-8H3;9-11H,1-8H3;9-12H,8H2,1-7H3;7-10,15H,1-6H3;7-10H,11H2,1-6H3;8-10,18H,1-7H3;8-11H,1-7H3. The number of aryl methyl sites for hydroxylation is 4. The number of fused-ring (bicyclic) bond motifs is 7. The first-order valence-corrected chi connectivity index (χ1v) is 49.4. The third-order valence-electron chi connectivity index (χ3n) is 26.5. The Kier molecular flexibility index (Phi) is 32.1. The van der Waals surface area contributed by atoms with Gasteiger partial charge in [0.15, 0.2) is 6.80 Å². The van der Waals surface area contributed by atoms with Gasteiger partial charge < -0.3 is 32.6 Å². The maximum Gasteiger partial charge on any atom is 0.319 e. The summed E-state index contributed by atoms with van der Waals surface area (Å²) in [7, 11) is 6.11. The summed E-state index contributed by atoms with van der Waals surface area (Å²) in [5.74, 6) is 0.953. The van der Waals surface area contributed by atoms with Crippen molar-refractivity contribution in [1.82, 2.24) is 32.4 Å². The molecule has 0 aliphatic heterocycles. The van der Waals surface area contributed by atoms with Crippen molar-refractivity contribution in [2.75, 3.05) is 7.11 Å². The van der Waals surface area contributed by atoms with E-state index in [-0.39, 0.29) is 75.8 Å². The Balaban J connectivity index is 0.000000192. The van der Waals surface area contributed by atoms with Crippen LogP contribution in [0, 0.1) is 6.92 Å². The summed E-state index contributed by atoms with van der Waals surface area (Å²) in [6.45, 7) is 100. The van der Waals surface area contributed by atoms with Crippen LogP contribution in [0.3, 0.4) is 0 Å². The van der Waals surface area contributed by atoms with E-state index >= 15 is 0 Å². The molecule has 11 heteroatoms. The molecule has 0 spiro atoms. The van der Waals surface area contributed by atoms with Crippen LogP contribution in [0.15, 0.2) is 158 Å². The van der Waals surface area contributed by atoms with E-state index < -0.39 is 13.3 Å². The summed E-state index contributed by atoms with van der Waals surface area (Å²) in [6.07, 6.45) is 0. The average molecular weight is 1830 g/mol. The summed E-state index contributed by atoms with van der Waals surface area (Å²) in [4.78, 5) is 3.54.